The van der Waals surface area contributed by atoms with Crippen LogP contribution in [0, 0.1) is 11.8 Å². The number of carbonyl (C=O) groups excluding carboxylic acids is 3. The summed E-state index contributed by atoms with van der Waals surface area (Å²) in [7, 11) is 2.17. The fourth-order valence-corrected chi connectivity index (χ4v) is 11.1. The second-order valence-electron chi connectivity index (χ2n) is 20.4. The number of benzene rings is 6. The topological polar surface area (TPSA) is 94.0 Å². The molecule has 9 heteroatoms. The molecule has 0 saturated heterocycles. The number of para-hydroxylation sites is 1. The molecule has 9 nitrogen and oxygen atoms in total. The van der Waals surface area contributed by atoms with E-state index in [9.17, 15) is 14.4 Å². The fraction of sp³-hybridized carbons (Fsp3) is 0.292. The second-order valence-corrected chi connectivity index (χ2v) is 20.4. The second kappa shape index (κ2) is 23.0. The van der Waals surface area contributed by atoms with Crippen LogP contribution in [0.15, 0.2) is 170 Å². The molecule has 0 atom stereocenters. The van der Waals surface area contributed by atoms with Crippen molar-refractivity contribution in [1.29, 1.82) is 0 Å². The molecule has 0 unspecified atom stereocenters. The highest BCUT2D eigenvalue weighted by atomic mass is 16.5. The molecule has 6 aromatic carbocycles. The summed E-state index contributed by atoms with van der Waals surface area (Å²) in [5.41, 5.74) is 10.8. The Morgan fingerprint density at radius 3 is 2.01 bits per heavy atom. The molecular weight excluding hydrogens is 915 g/mol. The van der Waals surface area contributed by atoms with Gasteiger partial charge in [-0.25, -0.2) is 0 Å². The van der Waals surface area contributed by atoms with E-state index in [1.165, 1.54) is 55.5 Å². The van der Waals surface area contributed by atoms with Crippen LogP contribution in [-0.4, -0.2) is 67.9 Å². The molecular formula is C65H68N5O4+. The Labute approximate surface area is 437 Å². The van der Waals surface area contributed by atoms with Gasteiger partial charge in [0.2, 0.25) is 23.4 Å². The van der Waals surface area contributed by atoms with Gasteiger partial charge in [-0.05, 0) is 95.8 Å². The van der Waals surface area contributed by atoms with Crippen molar-refractivity contribution in [3.8, 4) is 11.8 Å². The van der Waals surface area contributed by atoms with Crippen LogP contribution in [-0.2, 0) is 36.5 Å². The Balaban J connectivity index is 0.704. The van der Waals surface area contributed by atoms with Gasteiger partial charge >= 0.3 is 0 Å². The number of ether oxygens (including phenoxy) is 1. The number of allylic oxidation sites excluding steroid dienone is 8. The molecule has 3 amide bonds. The first-order valence-electron chi connectivity index (χ1n) is 26.2. The third kappa shape index (κ3) is 11.1. The van der Waals surface area contributed by atoms with E-state index in [0.29, 0.717) is 39.3 Å². The first-order valence-corrected chi connectivity index (χ1v) is 26.2. The van der Waals surface area contributed by atoms with Crippen LogP contribution >= 0.6 is 0 Å². The number of hydrogen-bond donors (Lipinski definition) is 2. The summed E-state index contributed by atoms with van der Waals surface area (Å²) in [6.07, 6.45) is 18.4. The summed E-state index contributed by atoms with van der Waals surface area (Å²) in [5, 5.41) is 10.9. The van der Waals surface area contributed by atoms with E-state index in [2.05, 4.69) is 182 Å². The lowest BCUT2D eigenvalue weighted by Gasteiger charge is -2.27. The monoisotopic (exact) mass is 983 g/mol. The molecule has 0 aliphatic carbocycles. The fourth-order valence-electron chi connectivity index (χ4n) is 11.1. The molecule has 3 aliphatic heterocycles. The van der Waals surface area contributed by atoms with Crippen LogP contribution < -0.4 is 20.4 Å². The maximum Gasteiger partial charge on any atom is 0.227 e. The van der Waals surface area contributed by atoms with Gasteiger partial charge in [0, 0.05) is 84.5 Å². The highest BCUT2D eigenvalue weighted by Crippen LogP contribution is 2.51. The number of hydrogen-bond acceptors (Lipinski definition) is 5. The average molecular weight is 983 g/mol. The summed E-state index contributed by atoms with van der Waals surface area (Å²) in [5.74, 6) is 6.10. The van der Waals surface area contributed by atoms with Crippen molar-refractivity contribution in [2.24, 2.45) is 0 Å². The summed E-state index contributed by atoms with van der Waals surface area (Å²) < 4.78 is 8.02. The Morgan fingerprint density at radius 1 is 0.622 bits per heavy atom. The SMILES string of the molecule is C[N+]1=C(/C=C/C=C/C=C/C=C2\N(CCCCCC(=O)NCCOCCNC(=O)CCC(=O)N3Cc4ccccc4C#Cc4ccccc43)c3ccc4ccccc4c3C2(C)C)C(C)(C)c2c1ccc1ccccc21. The zero-order valence-electron chi connectivity index (χ0n) is 43.5. The number of fused-ring (bicyclic) bond motifs is 8. The molecule has 2 N–H and O–H groups in total. The third-order valence-electron chi connectivity index (χ3n) is 14.8. The number of anilines is 2. The van der Waals surface area contributed by atoms with E-state index in [1.807, 2.05) is 48.5 Å². The molecule has 6 aromatic rings. The van der Waals surface area contributed by atoms with Gasteiger partial charge in [-0.2, -0.15) is 4.58 Å². The van der Waals surface area contributed by atoms with Gasteiger partial charge in [0.1, 0.15) is 7.05 Å². The van der Waals surface area contributed by atoms with Crippen molar-refractivity contribution in [2.75, 3.05) is 49.7 Å². The van der Waals surface area contributed by atoms with Gasteiger partial charge in [0.15, 0.2) is 5.71 Å². The smallest absolute Gasteiger partial charge is 0.227 e. The van der Waals surface area contributed by atoms with Crippen molar-refractivity contribution in [3.63, 3.8) is 0 Å². The average Bonchev–Trinajstić information content (AvgIpc) is 3.74. The number of rotatable bonds is 19. The van der Waals surface area contributed by atoms with E-state index in [-0.39, 0.29) is 41.4 Å². The van der Waals surface area contributed by atoms with Gasteiger partial charge in [-0.15, -0.1) is 0 Å². The lowest BCUT2D eigenvalue weighted by Crippen LogP contribution is -2.34. The quantitative estimate of drug-likeness (QED) is 0.0365. The number of nitrogens with one attached hydrogen (secondary N) is 2. The minimum absolute atomic E-state index is 0.00813. The normalized spacial score (nSPS) is 15.8. The number of nitrogens with zero attached hydrogens (tertiary/aromatic N) is 3. The lowest BCUT2D eigenvalue weighted by atomic mass is 9.79. The molecule has 9 rings (SSSR count). The van der Waals surface area contributed by atoms with Crippen molar-refractivity contribution in [3.05, 3.63) is 197 Å². The van der Waals surface area contributed by atoms with Gasteiger partial charge in [-0.1, -0.05) is 147 Å². The van der Waals surface area contributed by atoms with Gasteiger partial charge in [0.05, 0.1) is 30.9 Å². The standard InChI is InChI=1S/C65H67N5O4/c1-64(2)57(68(5)55-37-35-48-23-15-18-27-52(48)62(55)64)30-10-7-6-8-11-31-58-65(3,4)63-53-28-19-16-24-49(53)36-38-56(63)69(58)43-21-9-12-32-59(71)66-41-44-74-45-42-67-60(72)39-40-61(73)70-46-51-26-14-13-22-47(51)33-34-50-25-17-20-29-54(50)70/h6-8,10-11,13-20,22-31,35-38H,9,12,21,32,39-46H2,1-5H3,(H-,66,67,71,72)/p+1. The third-order valence-corrected chi connectivity index (χ3v) is 14.8. The summed E-state index contributed by atoms with van der Waals surface area (Å²) in [4.78, 5) is 43.2. The maximum absolute atomic E-state index is 13.5. The number of unbranched alkanes of at least 4 members (excludes halogenated alkanes) is 2. The summed E-state index contributed by atoms with van der Waals surface area (Å²) in [6.45, 7) is 11.9. The van der Waals surface area contributed by atoms with Crippen molar-refractivity contribution in [1.82, 2.24) is 10.6 Å². The highest BCUT2D eigenvalue weighted by molar-refractivity contribution is 6.07. The molecule has 74 heavy (non-hydrogen) atoms. The Kier molecular flexibility index (Phi) is 15.9. The van der Waals surface area contributed by atoms with E-state index in [4.69, 9.17) is 4.74 Å². The Morgan fingerprint density at radius 2 is 1.24 bits per heavy atom. The van der Waals surface area contributed by atoms with Crippen LogP contribution in [0.4, 0.5) is 17.1 Å². The van der Waals surface area contributed by atoms with Gasteiger partial charge in [0.25, 0.3) is 0 Å². The molecule has 0 bridgehead atoms. The van der Waals surface area contributed by atoms with Crippen LogP contribution in [0.2, 0.25) is 0 Å². The van der Waals surface area contributed by atoms with Crippen molar-refractivity contribution in [2.45, 2.75) is 83.6 Å². The molecule has 0 saturated carbocycles. The zero-order valence-corrected chi connectivity index (χ0v) is 43.5. The molecule has 0 radical (unpaired) electrons. The Bertz CT molecular complexity index is 3320. The van der Waals surface area contributed by atoms with E-state index < -0.39 is 0 Å². The molecule has 376 valence electrons. The number of carbonyl (C=O) groups is 3. The van der Waals surface area contributed by atoms with Crippen molar-refractivity contribution < 1.29 is 23.7 Å². The zero-order chi connectivity index (χ0) is 51.7. The van der Waals surface area contributed by atoms with Crippen molar-refractivity contribution >= 4 is 62.0 Å². The minimum Gasteiger partial charge on any atom is -0.378 e. The van der Waals surface area contributed by atoms with Crippen LogP contribution in [0.25, 0.3) is 21.5 Å². The minimum atomic E-state index is -0.212. The molecule has 0 aromatic heterocycles. The van der Waals surface area contributed by atoms with E-state index in [1.54, 1.807) is 4.90 Å². The molecule has 0 spiro atoms. The Hall–Kier alpha value is -7.80. The first kappa shape index (κ1) is 51.1. The lowest BCUT2D eigenvalue weighted by molar-refractivity contribution is -0.401. The van der Waals surface area contributed by atoms with Crippen LogP contribution in [0.1, 0.15) is 94.0 Å². The molecule has 3 heterocycles. The predicted octanol–water partition coefficient (Wildman–Crippen LogP) is 11.9. The summed E-state index contributed by atoms with van der Waals surface area (Å²) >= 11 is 0. The highest BCUT2D eigenvalue weighted by Gasteiger charge is 2.44. The molecule has 0 fully saturated rings. The summed E-state index contributed by atoms with van der Waals surface area (Å²) in [6, 6.07) is 41.8. The van der Waals surface area contributed by atoms with Crippen LogP contribution in [0.3, 0.4) is 0 Å². The largest absolute Gasteiger partial charge is 0.378 e. The predicted molar refractivity (Wildman–Crippen MR) is 302 cm³/mol. The molecule has 3 aliphatic rings. The number of amides is 3. The van der Waals surface area contributed by atoms with E-state index >= 15 is 0 Å². The maximum atomic E-state index is 13.5. The van der Waals surface area contributed by atoms with E-state index in [0.717, 1.165) is 48.2 Å². The first-order chi connectivity index (χ1) is 35.9. The van der Waals surface area contributed by atoms with Crippen LogP contribution in [0.5, 0.6) is 0 Å². The van der Waals surface area contributed by atoms with Gasteiger partial charge < -0.3 is 25.2 Å². The van der Waals surface area contributed by atoms with Gasteiger partial charge in [-0.3, -0.25) is 14.4 Å².